The maximum absolute atomic E-state index is 12.5. The van der Waals surface area contributed by atoms with E-state index in [1.54, 1.807) is 4.90 Å². The lowest BCUT2D eigenvalue weighted by Crippen LogP contribution is -2.38. The summed E-state index contributed by atoms with van der Waals surface area (Å²) in [6.07, 6.45) is 0.313. The number of fused-ring (bicyclic) bond motifs is 1. The number of para-hydroxylation sites is 2. The van der Waals surface area contributed by atoms with E-state index < -0.39 is 0 Å². The van der Waals surface area contributed by atoms with Crippen LogP contribution in [0.1, 0.15) is 39.2 Å². The number of carbonyl (C=O) groups is 2. The van der Waals surface area contributed by atoms with Gasteiger partial charge in [0, 0.05) is 12.8 Å². The fraction of sp³-hybridized carbons (Fsp3) is 0.417. The number of anilines is 1. The first-order valence-electron chi connectivity index (χ1n) is 10.4. The minimum absolute atomic E-state index is 0.0731. The molecule has 0 saturated carbocycles. The smallest absolute Gasteiger partial charge is 0.227 e. The highest BCUT2D eigenvalue weighted by Crippen LogP contribution is 2.31. The number of amides is 2. The third-order valence-electron chi connectivity index (χ3n) is 5.01. The van der Waals surface area contributed by atoms with Crippen molar-refractivity contribution in [1.29, 1.82) is 0 Å². The molecule has 2 aromatic carbocycles. The maximum Gasteiger partial charge on any atom is 0.227 e. The van der Waals surface area contributed by atoms with Crippen LogP contribution in [0.3, 0.4) is 0 Å². The normalized spacial score (nSPS) is 13.2. The van der Waals surface area contributed by atoms with Gasteiger partial charge in [0.05, 0.1) is 18.8 Å². The van der Waals surface area contributed by atoms with Crippen LogP contribution >= 0.6 is 0 Å². The summed E-state index contributed by atoms with van der Waals surface area (Å²) in [7, 11) is 0. The Kier molecular flexibility index (Phi) is 6.98. The quantitative estimate of drug-likeness (QED) is 0.707. The second-order valence-corrected chi connectivity index (χ2v) is 8.33. The average Bonchev–Trinajstić information content (AvgIpc) is 2.74. The molecule has 1 aliphatic heterocycles. The molecule has 0 bridgehead atoms. The maximum atomic E-state index is 12.5. The molecule has 1 N–H and O–H groups in total. The van der Waals surface area contributed by atoms with Gasteiger partial charge in [-0.1, -0.05) is 45.0 Å². The third-order valence-corrected chi connectivity index (χ3v) is 5.01. The van der Waals surface area contributed by atoms with Gasteiger partial charge in [0.25, 0.3) is 0 Å². The van der Waals surface area contributed by atoms with E-state index in [1.165, 1.54) is 5.56 Å². The highest BCUT2D eigenvalue weighted by atomic mass is 16.5. The number of nitrogens with one attached hydrogen (secondary N) is 1. The van der Waals surface area contributed by atoms with Crippen molar-refractivity contribution < 1.29 is 19.1 Å². The van der Waals surface area contributed by atoms with Crippen molar-refractivity contribution in [2.24, 2.45) is 0 Å². The Bertz CT molecular complexity index is 872. The summed E-state index contributed by atoms with van der Waals surface area (Å²) in [5.41, 5.74) is 2.11. The molecule has 6 heteroatoms. The minimum Gasteiger partial charge on any atom is -0.492 e. The molecule has 1 aliphatic rings. The van der Waals surface area contributed by atoms with Crippen molar-refractivity contribution in [2.45, 2.75) is 39.0 Å². The summed E-state index contributed by atoms with van der Waals surface area (Å²) >= 11 is 0. The number of hydrogen-bond donors (Lipinski definition) is 1. The van der Waals surface area contributed by atoms with E-state index in [4.69, 9.17) is 9.47 Å². The predicted molar refractivity (Wildman–Crippen MR) is 117 cm³/mol. The molecule has 3 rings (SSSR count). The summed E-state index contributed by atoms with van der Waals surface area (Å²) in [6, 6.07) is 15.5. The number of nitrogens with zero attached hydrogens (tertiary/aromatic N) is 1. The fourth-order valence-corrected chi connectivity index (χ4v) is 3.28. The van der Waals surface area contributed by atoms with Gasteiger partial charge in [0.15, 0.2) is 0 Å². The van der Waals surface area contributed by atoms with Gasteiger partial charge in [-0.05, 0) is 35.2 Å². The van der Waals surface area contributed by atoms with Crippen LogP contribution < -0.4 is 19.7 Å². The Hall–Kier alpha value is -3.02. The van der Waals surface area contributed by atoms with E-state index >= 15 is 0 Å². The van der Waals surface area contributed by atoms with Gasteiger partial charge in [0.2, 0.25) is 11.8 Å². The lowest BCUT2D eigenvalue weighted by atomic mass is 9.87. The number of hydrogen-bond acceptors (Lipinski definition) is 4. The molecule has 160 valence electrons. The van der Waals surface area contributed by atoms with Gasteiger partial charge < -0.3 is 19.7 Å². The van der Waals surface area contributed by atoms with Crippen LogP contribution in [0.4, 0.5) is 5.69 Å². The van der Waals surface area contributed by atoms with E-state index in [1.807, 2.05) is 36.4 Å². The zero-order valence-corrected chi connectivity index (χ0v) is 17.9. The molecular formula is C24H30N2O4. The van der Waals surface area contributed by atoms with Crippen LogP contribution in [0, 0.1) is 0 Å². The van der Waals surface area contributed by atoms with E-state index in [0.717, 1.165) is 11.4 Å². The Morgan fingerprint density at radius 1 is 1.07 bits per heavy atom. The molecule has 6 nitrogen and oxygen atoms in total. The molecule has 0 aliphatic carbocycles. The average molecular weight is 411 g/mol. The second kappa shape index (κ2) is 9.65. The lowest BCUT2D eigenvalue weighted by molar-refractivity contribution is -0.125. The van der Waals surface area contributed by atoms with E-state index in [9.17, 15) is 9.59 Å². The molecule has 0 aromatic heterocycles. The SMILES string of the molecule is CC(C)(C)c1ccc(OCCNC(=O)CCC(=O)N2CCOc3ccccc32)cc1. The van der Waals surface area contributed by atoms with Crippen molar-refractivity contribution in [3.63, 3.8) is 0 Å². The topological polar surface area (TPSA) is 67.9 Å². The van der Waals surface area contributed by atoms with Crippen LogP contribution in [0.25, 0.3) is 0 Å². The van der Waals surface area contributed by atoms with Gasteiger partial charge in [-0.2, -0.15) is 0 Å². The van der Waals surface area contributed by atoms with Crippen LogP contribution in [0.2, 0.25) is 0 Å². The molecular weight excluding hydrogens is 380 g/mol. The standard InChI is InChI=1S/C24H30N2O4/c1-24(2,3)18-8-10-19(11-9-18)29-16-14-25-22(27)12-13-23(28)26-15-17-30-21-7-5-4-6-20(21)26/h4-11H,12-17H2,1-3H3,(H,25,27). The first kappa shape index (κ1) is 21.7. The highest BCUT2D eigenvalue weighted by Gasteiger charge is 2.23. The van der Waals surface area contributed by atoms with Gasteiger partial charge in [-0.25, -0.2) is 0 Å². The second-order valence-electron chi connectivity index (χ2n) is 8.33. The van der Waals surface area contributed by atoms with Crippen molar-refractivity contribution >= 4 is 17.5 Å². The molecule has 0 spiro atoms. The summed E-state index contributed by atoms with van der Waals surface area (Å²) in [6.45, 7) is 8.24. The summed E-state index contributed by atoms with van der Waals surface area (Å²) in [4.78, 5) is 26.3. The largest absolute Gasteiger partial charge is 0.492 e. The van der Waals surface area contributed by atoms with Crippen molar-refractivity contribution in [1.82, 2.24) is 5.32 Å². The van der Waals surface area contributed by atoms with Gasteiger partial charge in [-0.15, -0.1) is 0 Å². The summed E-state index contributed by atoms with van der Waals surface area (Å²) in [5, 5.41) is 2.81. The fourth-order valence-electron chi connectivity index (χ4n) is 3.28. The molecule has 30 heavy (non-hydrogen) atoms. The van der Waals surface area contributed by atoms with Crippen LogP contribution in [-0.4, -0.2) is 38.1 Å². The molecule has 2 aromatic rings. The molecule has 0 unspecified atom stereocenters. The van der Waals surface area contributed by atoms with Crippen LogP contribution in [0.15, 0.2) is 48.5 Å². The van der Waals surface area contributed by atoms with Gasteiger partial charge in [-0.3, -0.25) is 9.59 Å². The highest BCUT2D eigenvalue weighted by molar-refractivity contribution is 5.97. The molecule has 0 fully saturated rings. The number of carbonyl (C=O) groups excluding carboxylic acids is 2. The Morgan fingerprint density at radius 3 is 2.53 bits per heavy atom. The minimum atomic E-state index is -0.156. The Labute approximate surface area is 178 Å². The molecule has 1 heterocycles. The van der Waals surface area contributed by atoms with E-state index in [2.05, 4.69) is 38.2 Å². The van der Waals surface area contributed by atoms with Crippen molar-refractivity contribution in [2.75, 3.05) is 31.2 Å². The van der Waals surface area contributed by atoms with E-state index in [-0.39, 0.29) is 30.1 Å². The van der Waals surface area contributed by atoms with Crippen molar-refractivity contribution in [3.05, 3.63) is 54.1 Å². The van der Waals surface area contributed by atoms with Gasteiger partial charge in [0.1, 0.15) is 24.7 Å². The number of ether oxygens (including phenoxy) is 2. The van der Waals surface area contributed by atoms with Crippen molar-refractivity contribution in [3.8, 4) is 11.5 Å². The predicted octanol–water partition coefficient (Wildman–Crippen LogP) is 3.68. The third kappa shape index (κ3) is 5.75. The van der Waals surface area contributed by atoms with E-state index in [0.29, 0.717) is 32.1 Å². The zero-order valence-electron chi connectivity index (χ0n) is 17.9. The molecule has 0 saturated heterocycles. The van der Waals surface area contributed by atoms with Crippen LogP contribution in [0.5, 0.6) is 11.5 Å². The Morgan fingerprint density at radius 2 is 1.80 bits per heavy atom. The van der Waals surface area contributed by atoms with Gasteiger partial charge >= 0.3 is 0 Å². The molecule has 0 radical (unpaired) electrons. The number of benzene rings is 2. The monoisotopic (exact) mass is 410 g/mol. The summed E-state index contributed by atoms with van der Waals surface area (Å²) in [5.74, 6) is 1.25. The zero-order chi connectivity index (χ0) is 21.6. The molecule has 2 amide bonds. The Balaban J connectivity index is 1.37. The summed E-state index contributed by atoms with van der Waals surface area (Å²) < 4.78 is 11.2. The number of rotatable bonds is 7. The first-order valence-corrected chi connectivity index (χ1v) is 10.4. The van der Waals surface area contributed by atoms with Crippen LogP contribution in [-0.2, 0) is 15.0 Å². The molecule has 0 atom stereocenters. The lowest BCUT2D eigenvalue weighted by Gasteiger charge is -2.29. The first-order chi connectivity index (χ1) is 14.3.